The molecule has 0 aliphatic carbocycles. The van der Waals surface area contributed by atoms with Crippen LogP contribution in [-0.2, 0) is 26.0 Å². The van der Waals surface area contributed by atoms with E-state index in [1.807, 2.05) is 17.5 Å². The second-order valence-corrected chi connectivity index (χ2v) is 8.95. The van der Waals surface area contributed by atoms with Crippen LogP contribution in [0.4, 0.5) is 5.69 Å². The van der Waals surface area contributed by atoms with E-state index in [0.29, 0.717) is 44.8 Å². The Morgan fingerprint density at radius 1 is 1.30 bits per heavy atom. The minimum atomic E-state index is -3.73. The van der Waals surface area contributed by atoms with Crippen LogP contribution in [0, 0.1) is 0 Å². The van der Waals surface area contributed by atoms with Gasteiger partial charge in [-0.25, -0.2) is 8.42 Å². The first-order valence-electron chi connectivity index (χ1n) is 8.59. The van der Waals surface area contributed by atoms with E-state index in [-0.39, 0.29) is 16.6 Å². The molecule has 27 heavy (non-hydrogen) atoms. The zero-order valence-corrected chi connectivity index (χ0v) is 16.6. The molecule has 2 heterocycles. The summed E-state index contributed by atoms with van der Waals surface area (Å²) < 4.78 is 37.8. The lowest BCUT2D eigenvalue weighted by Crippen LogP contribution is -2.40. The van der Waals surface area contributed by atoms with Crippen molar-refractivity contribution < 1.29 is 22.7 Å². The summed E-state index contributed by atoms with van der Waals surface area (Å²) in [5.74, 6) is 0.0846. The number of carbonyl (C=O) groups is 1. The summed E-state index contributed by atoms with van der Waals surface area (Å²) in [7, 11) is -2.31. The van der Waals surface area contributed by atoms with Gasteiger partial charge in [0, 0.05) is 30.1 Å². The molecule has 1 amide bonds. The van der Waals surface area contributed by atoms with E-state index >= 15 is 0 Å². The number of carbonyl (C=O) groups excluding carboxylic acids is 1. The zero-order valence-electron chi connectivity index (χ0n) is 15.0. The lowest BCUT2D eigenvalue weighted by molar-refractivity contribution is -0.116. The summed E-state index contributed by atoms with van der Waals surface area (Å²) in [6.07, 6.45) is 0.983. The number of rotatable bonds is 7. The van der Waals surface area contributed by atoms with E-state index in [1.165, 1.54) is 17.5 Å². The third kappa shape index (κ3) is 4.86. The molecule has 1 aromatic heterocycles. The molecule has 1 N–H and O–H groups in total. The molecular weight excluding hydrogens is 388 g/mol. The number of thiophene rings is 1. The van der Waals surface area contributed by atoms with Gasteiger partial charge in [0.15, 0.2) is 0 Å². The van der Waals surface area contributed by atoms with Gasteiger partial charge in [-0.1, -0.05) is 6.07 Å². The Bertz CT molecular complexity index is 875. The molecule has 1 saturated heterocycles. The number of morpholine rings is 1. The van der Waals surface area contributed by atoms with Crippen molar-refractivity contribution in [3.05, 3.63) is 40.6 Å². The SMILES string of the molecule is COc1ccc(NC(=O)CCc2cccs2)cc1S(=O)(=O)N1CCOCC1. The number of nitrogens with zero attached hydrogens (tertiary/aromatic N) is 1. The molecule has 146 valence electrons. The monoisotopic (exact) mass is 410 g/mol. The zero-order chi connectivity index (χ0) is 19.3. The van der Waals surface area contributed by atoms with Gasteiger partial charge in [0.2, 0.25) is 15.9 Å². The largest absolute Gasteiger partial charge is 0.495 e. The van der Waals surface area contributed by atoms with Crippen LogP contribution in [0.25, 0.3) is 0 Å². The van der Waals surface area contributed by atoms with Crippen molar-refractivity contribution >= 4 is 33.0 Å². The van der Waals surface area contributed by atoms with E-state index in [2.05, 4.69) is 5.32 Å². The third-order valence-corrected chi connectivity index (χ3v) is 7.07. The number of sulfonamides is 1. The van der Waals surface area contributed by atoms with Crippen LogP contribution in [-0.4, -0.2) is 52.0 Å². The summed E-state index contributed by atoms with van der Waals surface area (Å²) in [6.45, 7) is 1.31. The minimum absolute atomic E-state index is 0.0444. The van der Waals surface area contributed by atoms with Gasteiger partial charge in [-0.15, -0.1) is 11.3 Å². The van der Waals surface area contributed by atoms with E-state index in [4.69, 9.17) is 9.47 Å². The Hall–Kier alpha value is -1.94. The Morgan fingerprint density at radius 2 is 2.07 bits per heavy atom. The molecular formula is C18H22N2O5S2. The molecule has 9 heteroatoms. The molecule has 1 aliphatic rings. The predicted octanol–water partition coefficient (Wildman–Crippen LogP) is 2.35. The van der Waals surface area contributed by atoms with Gasteiger partial charge in [-0.3, -0.25) is 4.79 Å². The average molecular weight is 411 g/mol. The molecule has 2 aromatic rings. The van der Waals surface area contributed by atoms with E-state index in [1.54, 1.807) is 23.5 Å². The molecule has 0 radical (unpaired) electrons. The van der Waals surface area contributed by atoms with Crippen LogP contribution >= 0.6 is 11.3 Å². The van der Waals surface area contributed by atoms with Gasteiger partial charge in [-0.05, 0) is 36.1 Å². The first-order valence-corrected chi connectivity index (χ1v) is 10.9. The molecule has 0 bridgehead atoms. The van der Waals surface area contributed by atoms with Gasteiger partial charge in [0.1, 0.15) is 10.6 Å². The lowest BCUT2D eigenvalue weighted by atomic mass is 10.2. The number of hydrogen-bond donors (Lipinski definition) is 1. The molecule has 1 aromatic carbocycles. The van der Waals surface area contributed by atoms with Crippen molar-refractivity contribution in [2.75, 3.05) is 38.7 Å². The van der Waals surface area contributed by atoms with E-state index in [0.717, 1.165) is 4.88 Å². The number of hydrogen-bond acceptors (Lipinski definition) is 6. The van der Waals surface area contributed by atoms with Crippen LogP contribution in [0.1, 0.15) is 11.3 Å². The van der Waals surface area contributed by atoms with Gasteiger partial charge in [0.25, 0.3) is 0 Å². The van der Waals surface area contributed by atoms with Crippen LogP contribution in [0.5, 0.6) is 5.75 Å². The van der Waals surface area contributed by atoms with Gasteiger partial charge in [0.05, 0.1) is 20.3 Å². The van der Waals surface area contributed by atoms with Crippen molar-refractivity contribution in [1.29, 1.82) is 0 Å². The summed E-state index contributed by atoms with van der Waals surface area (Å²) in [5.41, 5.74) is 0.429. The number of methoxy groups -OCH3 is 1. The summed E-state index contributed by atoms with van der Waals surface area (Å²) in [4.78, 5) is 13.4. The van der Waals surface area contributed by atoms with E-state index < -0.39 is 10.0 Å². The quantitative estimate of drug-likeness (QED) is 0.757. The topological polar surface area (TPSA) is 84.9 Å². The van der Waals surface area contributed by atoms with Crippen molar-refractivity contribution in [3.63, 3.8) is 0 Å². The Kier molecular flexibility index (Phi) is 6.48. The fourth-order valence-corrected chi connectivity index (χ4v) is 5.10. The highest BCUT2D eigenvalue weighted by atomic mass is 32.2. The van der Waals surface area contributed by atoms with Crippen LogP contribution in [0.15, 0.2) is 40.6 Å². The molecule has 1 aliphatic heterocycles. The van der Waals surface area contributed by atoms with Gasteiger partial charge < -0.3 is 14.8 Å². The molecule has 7 nitrogen and oxygen atoms in total. The Labute approximate surface area is 163 Å². The summed E-state index contributed by atoms with van der Waals surface area (Å²) in [5, 5.41) is 4.75. The van der Waals surface area contributed by atoms with Gasteiger partial charge in [-0.2, -0.15) is 4.31 Å². The molecule has 0 atom stereocenters. The average Bonchev–Trinajstić information content (AvgIpc) is 3.21. The Balaban J connectivity index is 1.75. The minimum Gasteiger partial charge on any atom is -0.495 e. The number of ether oxygens (including phenoxy) is 2. The Morgan fingerprint density at radius 3 is 2.74 bits per heavy atom. The summed E-state index contributed by atoms with van der Waals surface area (Å²) >= 11 is 1.61. The van der Waals surface area contributed by atoms with Crippen molar-refractivity contribution in [3.8, 4) is 5.75 Å². The van der Waals surface area contributed by atoms with Crippen molar-refractivity contribution in [2.24, 2.45) is 0 Å². The maximum Gasteiger partial charge on any atom is 0.246 e. The molecule has 0 unspecified atom stereocenters. The third-order valence-electron chi connectivity index (χ3n) is 4.21. The first kappa shape index (κ1) is 19.8. The standard InChI is InChI=1S/C18H22N2O5S2/c1-24-16-6-4-14(19-18(21)7-5-15-3-2-12-26-15)13-17(16)27(22,23)20-8-10-25-11-9-20/h2-4,6,12-13H,5,7-11H2,1H3,(H,19,21). The van der Waals surface area contributed by atoms with Crippen LogP contribution in [0.3, 0.4) is 0 Å². The maximum atomic E-state index is 13.0. The molecule has 3 rings (SSSR count). The molecule has 0 saturated carbocycles. The fourth-order valence-electron chi connectivity index (χ4n) is 2.80. The highest BCUT2D eigenvalue weighted by Gasteiger charge is 2.29. The smallest absolute Gasteiger partial charge is 0.246 e. The van der Waals surface area contributed by atoms with Crippen molar-refractivity contribution in [2.45, 2.75) is 17.7 Å². The second-order valence-electron chi connectivity index (χ2n) is 6.01. The fraction of sp³-hybridized carbons (Fsp3) is 0.389. The van der Waals surface area contributed by atoms with Crippen LogP contribution in [0.2, 0.25) is 0 Å². The second kappa shape index (κ2) is 8.83. The van der Waals surface area contributed by atoms with Crippen molar-refractivity contribution in [1.82, 2.24) is 4.31 Å². The number of benzene rings is 1. The first-order chi connectivity index (χ1) is 13.0. The molecule has 0 spiro atoms. The van der Waals surface area contributed by atoms with Crippen LogP contribution < -0.4 is 10.1 Å². The lowest BCUT2D eigenvalue weighted by Gasteiger charge is -2.26. The highest BCUT2D eigenvalue weighted by molar-refractivity contribution is 7.89. The number of anilines is 1. The van der Waals surface area contributed by atoms with E-state index in [9.17, 15) is 13.2 Å². The number of nitrogens with one attached hydrogen (secondary N) is 1. The van der Waals surface area contributed by atoms with Gasteiger partial charge >= 0.3 is 0 Å². The number of amides is 1. The predicted molar refractivity (Wildman–Crippen MR) is 104 cm³/mol. The normalized spacial score (nSPS) is 15.4. The maximum absolute atomic E-state index is 13.0. The molecule has 1 fully saturated rings. The summed E-state index contributed by atoms with van der Waals surface area (Å²) in [6, 6.07) is 8.58. The number of aryl methyl sites for hydroxylation is 1. The highest BCUT2D eigenvalue weighted by Crippen LogP contribution is 2.30.